The van der Waals surface area contributed by atoms with Crippen LogP contribution < -0.4 is 5.32 Å². The molecule has 0 spiro atoms. The van der Waals surface area contributed by atoms with Gasteiger partial charge in [0.2, 0.25) is 0 Å². The van der Waals surface area contributed by atoms with Gasteiger partial charge in [-0.1, -0.05) is 39.0 Å². The van der Waals surface area contributed by atoms with E-state index in [1.807, 2.05) is 0 Å². The van der Waals surface area contributed by atoms with Crippen LogP contribution in [0.15, 0.2) is 23.1 Å². The van der Waals surface area contributed by atoms with E-state index in [1.54, 1.807) is 0 Å². The molecule has 0 heterocycles. The highest BCUT2D eigenvalue weighted by Gasteiger charge is 2.07. The summed E-state index contributed by atoms with van der Waals surface area (Å²) in [5.41, 5.74) is 0.456. The van der Waals surface area contributed by atoms with Gasteiger partial charge in [-0.2, -0.15) is 0 Å². The summed E-state index contributed by atoms with van der Waals surface area (Å²) >= 11 is 3.96. The van der Waals surface area contributed by atoms with Crippen LogP contribution in [-0.2, 0) is 0 Å². The van der Waals surface area contributed by atoms with Gasteiger partial charge in [-0.05, 0) is 24.6 Å². The lowest BCUT2D eigenvalue weighted by molar-refractivity contribution is 0.0952. The van der Waals surface area contributed by atoms with Crippen molar-refractivity contribution in [1.82, 2.24) is 5.32 Å². The Labute approximate surface area is 120 Å². The van der Waals surface area contributed by atoms with E-state index in [0.29, 0.717) is 12.1 Å². The number of benzene rings is 1. The zero-order valence-corrected chi connectivity index (χ0v) is 12.3. The summed E-state index contributed by atoms with van der Waals surface area (Å²) in [7, 11) is 0. The fraction of sp³-hybridized carbons (Fsp3) is 0.533. The Morgan fingerprint density at radius 2 is 1.89 bits per heavy atom. The molecule has 0 radical (unpaired) electrons. The first-order valence-corrected chi connectivity index (χ1v) is 7.36. The van der Waals surface area contributed by atoms with Crippen molar-refractivity contribution < 1.29 is 9.18 Å². The van der Waals surface area contributed by atoms with Crippen LogP contribution in [0.5, 0.6) is 0 Å². The third-order valence-corrected chi connectivity index (χ3v) is 3.37. The van der Waals surface area contributed by atoms with Crippen LogP contribution >= 0.6 is 12.6 Å². The second-order valence-corrected chi connectivity index (χ2v) is 5.17. The van der Waals surface area contributed by atoms with Crippen molar-refractivity contribution in [3.8, 4) is 0 Å². The SMILES string of the molecule is CCCCCCCCNC(=O)c1ccc(F)c(S)c1. The van der Waals surface area contributed by atoms with Gasteiger partial charge in [-0.25, -0.2) is 4.39 Å². The first-order chi connectivity index (χ1) is 9.15. The van der Waals surface area contributed by atoms with E-state index in [0.717, 1.165) is 12.8 Å². The van der Waals surface area contributed by atoms with E-state index in [9.17, 15) is 9.18 Å². The van der Waals surface area contributed by atoms with E-state index in [2.05, 4.69) is 24.9 Å². The highest BCUT2D eigenvalue weighted by atomic mass is 32.1. The maximum atomic E-state index is 13.0. The molecule has 1 aromatic carbocycles. The van der Waals surface area contributed by atoms with Crippen LogP contribution in [0.4, 0.5) is 4.39 Å². The quantitative estimate of drug-likeness (QED) is 0.543. The zero-order valence-electron chi connectivity index (χ0n) is 11.4. The molecule has 1 N–H and O–H groups in total. The molecule has 0 atom stereocenters. The summed E-state index contributed by atoms with van der Waals surface area (Å²) in [6.45, 7) is 2.86. The van der Waals surface area contributed by atoms with Crippen molar-refractivity contribution in [2.75, 3.05) is 6.54 Å². The van der Waals surface area contributed by atoms with Crippen molar-refractivity contribution in [3.05, 3.63) is 29.6 Å². The Morgan fingerprint density at radius 3 is 2.58 bits per heavy atom. The lowest BCUT2D eigenvalue weighted by Gasteiger charge is -2.06. The van der Waals surface area contributed by atoms with Crippen molar-refractivity contribution in [1.29, 1.82) is 0 Å². The van der Waals surface area contributed by atoms with Crippen LogP contribution in [0.2, 0.25) is 0 Å². The Hall–Kier alpha value is -1.03. The minimum Gasteiger partial charge on any atom is -0.352 e. The smallest absolute Gasteiger partial charge is 0.251 e. The molecule has 1 rings (SSSR count). The van der Waals surface area contributed by atoms with Gasteiger partial charge in [-0.3, -0.25) is 4.79 Å². The maximum absolute atomic E-state index is 13.0. The molecule has 0 saturated heterocycles. The molecule has 19 heavy (non-hydrogen) atoms. The molecule has 0 aromatic heterocycles. The molecular weight excluding hydrogens is 261 g/mol. The second-order valence-electron chi connectivity index (χ2n) is 4.69. The molecule has 4 heteroatoms. The van der Waals surface area contributed by atoms with Gasteiger partial charge in [0.15, 0.2) is 0 Å². The van der Waals surface area contributed by atoms with Gasteiger partial charge in [0.25, 0.3) is 5.91 Å². The number of carbonyl (C=O) groups excluding carboxylic acids is 1. The lowest BCUT2D eigenvalue weighted by Crippen LogP contribution is -2.24. The first-order valence-electron chi connectivity index (χ1n) is 6.92. The molecule has 0 aliphatic heterocycles. The fourth-order valence-corrected chi connectivity index (χ4v) is 2.08. The van der Waals surface area contributed by atoms with Gasteiger partial charge in [0.1, 0.15) is 5.82 Å². The first kappa shape index (κ1) is 16.0. The van der Waals surface area contributed by atoms with E-state index in [4.69, 9.17) is 0 Å². The number of carbonyl (C=O) groups is 1. The summed E-state index contributed by atoms with van der Waals surface area (Å²) in [5, 5.41) is 2.84. The molecule has 2 nitrogen and oxygen atoms in total. The second kappa shape index (κ2) is 8.97. The summed E-state index contributed by atoms with van der Waals surface area (Å²) in [6, 6.07) is 4.20. The number of unbranched alkanes of at least 4 members (excludes halogenated alkanes) is 5. The minimum atomic E-state index is -0.407. The number of nitrogens with one attached hydrogen (secondary N) is 1. The third-order valence-electron chi connectivity index (χ3n) is 3.02. The molecule has 106 valence electrons. The Kier molecular flexibility index (Phi) is 7.56. The van der Waals surface area contributed by atoms with Crippen LogP contribution in [0.3, 0.4) is 0 Å². The van der Waals surface area contributed by atoms with Crippen molar-refractivity contribution >= 4 is 18.5 Å². The molecule has 1 amide bonds. The van der Waals surface area contributed by atoms with Crippen LogP contribution in [0, 0.1) is 5.82 Å². The minimum absolute atomic E-state index is 0.163. The molecule has 0 aliphatic carbocycles. The number of thiol groups is 1. The Bertz CT molecular complexity index is 409. The number of halogens is 1. The summed E-state index contributed by atoms with van der Waals surface area (Å²) in [6.07, 6.45) is 7.15. The largest absolute Gasteiger partial charge is 0.352 e. The fourth-order valence-electron chi connectivity index (χ4n) is 1.86. The van der Waals surface area contributed by atoms with Gasteiger partial charge in [0, 0.05) is 17.0 Å². The highest BCUT2D eigenvalue weighted by molar-refractivity contribution is 7.80. The highest BCUT2D eigenvalue weighted by Crippen LogP contribution is 2.14. The average Bonchev–Trinajstić information content (AvgIpc) is 2.40. The zero-order chi connectivity index (χ0) is 14.1. The van der Waals surface area contributed by atoms with Gasteiger partial charge in [-0.15, -0.1) is 12.6 Å². The van der Waals surface area contributed by atoms with E-state index >= 15 is 0 Å². The molecule has 0 bridgehead atoms. The number of rotatable bonds is 8. The topological polar surface area (TPSA) is 29.1 Å². The van der Waals surface area contributed by atoms with E-state index < -0.39 is 5.82 Å². The van der Waals surface area contributed by atoms with Gasteiger partial charge in [0.05, 0.1) is 0 Å². The third kappa shape index (κ3) is 6.10. The Morgan fingerprint density at radius 1 is 1.21 bits per heavy atom. The molecule has 0 aliphatic rings. The predicted octanol–water partition coefficient (Wildman–Crippen LogP) is 4.20. The van der Waals surface area contributed by atoms with Crippen LogP contribution in [0.1, 0.15) is 55.8 Å². The maximum Gasteiger partial charge on any atom is 0.251 e. The molecule has 0 saturated carbocycles. The number of amides is 1. The van der Waals surface area contributed by atoms with Crippen molar-refractivity contribution in [2.45, 2.75) is 50.3 Å². The van der Waals surface area contributed by atoms with E-state index in [-0.39, 0.29) is 10.8 Å². The summed E-state index contributed by atoms with van der Waals surface area (Å²) in [4.78, 5) is 12.0. The van der Waals surface area contributed by atoms with Gasteiger partial charge < -0.3 is 5.32 Å². The average molecular weight is 283 g/mol. The molecule has 1 aromatic rings. The van der Waals surface area contributed by atoms with Crippen LogP contribution in [0.25, 0.3) is 0 Å². The lowest BCUT2D eigenvalue weighted by atomic mass is 10.1. The molecule has 0 unspecified atom stereocenters. The van der Waals surface area contributed by atoms with Crippen molar-refractivity contribution in [3.63, 3.8) is 0 Å². The normalized spacial score (nSPS) is 10.5. The molecule has 0 fully saturated rings. The van der Waals surface area contributed by atoms with Crippen LogP contribution in [-0.4, -0.2) is 12.5 Å². The number of hydrogen-bond donors (Lipinski definition) is 2. The summed E-state index contributed by atoms with van der Waals surface area (Å²) < 4.78 is 13.0. The Balaban J connectivity index is 2.22. The molecular formula is C15H22FNOS. The van der Waals surface area contributed by atoms with Crippen molar-refractivity contribution in [2.24, 2.45) is 0 Å². The van der Waals surface area contributed by atoms with Gasteiger partial charge >= 0.3 is 0 Å². The number of hydrogen-bond acceptors (Lipinski definition) is 2. The predicted molar refractivity (Wildman–Crippen MR) is 79.4 cm³/mol. The standard InChI is InChI=1S/C15H22FNOS/c1-2-3-4-5-6-7-10-17-15(18)12-8-9-13(16)14(19)11-12/h8-9,11,19H,2-7,10H2,1H3,(H,17,18). The van der Waals surface area contributed by atoms with E-state index in [1.165, 1.54) is 43.9 Å². The summed E-state index contributed by atoms with van der Waals surface area (Å²) in [5.74, 6) is -0.570. The monoisotopic (exact) mass is 283 g/mol.